The molecule has 182 valence electrons. The lowest BCUT2D eigenvalue weighted by molar-refractivity contribution is -0.137. The molecule has 0 saturated carbocycles. The van der Waals surface area contributed by atoms with E-state index in [1.165, 1.54) is 12.4 Å². The van der Waals surface area contributed by atoms with E-state index in [0.717, 1.165) is 0 Å². The molecule has 4 rings (SSSR count). The quantitative estimate of drug-likeness (QED) is 0.538. The minimum atomic E-state index is -4.56. The number of halogens is 3. The third-order valence-corrected chi connectivity index (χ3v) is 6.79. The van der Waals surface area contributed by atoms with Crippen molar-refractivity contribution in [2.75, 3.05) is 24.5 Å². The summed E-state index contributed by atoms with van der Waals surface area (Å²) in [6.45, 7) is 8.53. The van der Waals surface area contributed by atoms with E-state index in [2.05, 4.69) is 25.0 Å². The van der Waals surface area contributed by atoms with Crippen LogP contribution in [0.5, 0.6) is 0 Å². The lowest BCUT2D eigenvalue weighted by Gasteiger charge is -2.40. The highest BCUT2D eigenvalue weighted by Gasteiger charge is 2.38. The van der Waals surface area contributed by atoms with Crippen LogP contribution in [-0.4, -0.2) is 66.2 Å². The summed E-state index contributed by atoms with van der Waals surface area (Å²) in [6.07, 6.45) is -0.912. The van der Waals surface area contributed by atoms with Crippen LogP contribution < -0.4 is 4.90 Å². The molecule has 0 N–H and O–H groups in total. The molecule has 0 spiro atoms. The Kier molecular flexibility index (Phi) is 6.56. The number of nitrogens with zero attached hydrogens (tertiary/aromatic N) is 8. The van der Waals surface area contributed by atoms with Gasteiger partial charge in [-0.15, -0.1) is 0 Å². The summed E-state index contributed by atoms with van der Waals surface area (Å²) in [5, 5.41) is 3.73. The molecule has 1 amide bonds. The first-order valence-corrected chi connectivity index (χ1v) is 11.7. The first-order valence-electron chi connectivity index (χ1n) is 10.9. The van der Waals surface area contributed by atoms with Gasteiger partial charge in [0, 0.05) is 50.1 Å². The molecular formula is C21H25F3N8OS. The Hall–Kier alpha value is -3.09. The Morgan fingerprint density at radius 2 is 1.88 bits per heavy atom. The second-order valence-electron chi connectivity index (χ2n) is 8.16. The number of amides is 1. The fourth-order valence-electron chi connectivity index (χ4n) is 3.94. The summed E-state index contributed by atoms with van der Waals surface area (Å²) in [6, 6.07) is -0.214. The lowest BCUT2D eigenvalue weighted by Crippen LogP contribution is -2.54. The van der Waals surface area contributed by atoms with E-state index in [1.807, 2.05) is 18.7 Å². The van der Waals surface area contributed by atoms with Gasteiger partial charge in [-0.3, -0.25) is 4.79 Å². The van der Waals surface area contributed by atoms with E-state index in [0.29, 0.717) is 65.4 Å². The zero-order valence-electron chi connectivity index (χ0n) is 19.3. The molecule has 3 aromatic heterocycles. The molecule has 0 radical (unpaired) electrons. The Labute approximate surface area is 198 Å². The Morgan fingerprint density at radius 1 is 1.18 bits per heavy atom. The summed E-state index contributed by atoms with van der Waals surface area (Å²) >= 11 is 0.605. The molecule has 9 nitrogen and oxygen atoms in total. The van der Waals surface area contributed by atoms with Crippen molar-refractivity contribution < 1.29 is 18.0 Å². The van der Waals surface area contributed by atoms with Crippen LogP contribution >= 0.6 is 11.3 Å². The van der Waals surface area contributed by atoms with Gasteiger partial charge in [0.1, 0.15) is 34.7 Å². The number of alkyl halides is 3. The van der Waals surface area contributed by atoms with E-state index in [9.17, 15) is 18.0 Å². The molecule has 1 atom stereocenters. The van der Waals surface area contributed by atoms with E-state index in [-0.39, 0.29) is 24.2 Å². The van der Waals surface area contributed by atoms with Gasteiger partial charge in [-0.1, -0.05) is 18.3 Å². The number of anilines is 1. The van der Waals surface area contributed by atoms with Crippen LogP contribution in [0.15, 0.2) is 12.4 Å². The maximum Gasteiger partial charge on any atom is 0.443 e. The molecular weight excluding hydrogens is 469 g/mol. The first kappa shape index (κ1) is 24.0. The predicted molar refractivity (Wildman–Crippen MR) is 120 cm³/mol. The average molecular weight is 495 g/mol. The van der Waals surface area contributed by atoms with Gasteiger partial charge in [-0.2, -0.15) is 18.3 Å². The molecule has 1 saturated heterocycles. The summed E-state index contributed by atoms with van der Waals surface area (Å²) in [7, 11) is 0. The number of aromatic nitrogens is 6. The molecule has 1 aliphatic heterocycles. The van der Waals surface area contributed by atoms with Crippen molar-refractivity contribution >= 4 is 22.2 Å². The van der Waals surface area contributed by atoms with Crippen LogP contribution in [0.25, 0.3) is 11.3 Å². The van der Waals surface area contributed by atoms with Gasteiger partial charge < -0.3 is 9.80 Å². The molecule has 3 aromatic rings. The fourth-order valence-corrected chi connectivity index (χ4v) is 4.93. The van der Waals surface area contributed by atoms with Crippen molar-refractivity contribution in [1.29, 1.82) is 0 Å². The van der Waals surface area contributed by atoms with Crippen LogP contribution in [0.4, 0.5) is 18.2 Å². The van der Waals surface area contributed by atoms with E-state index in [4.69, 9.17) is 0 Å². The number of carbonyl (C=O) groups is 1. The molecule has 34 heavy (non-hydrogen) atoms. The summed E-state index contributed by atoms with van der Waals surface area (Å²) < 4.78 is 42.1. The van der Waals surface area contributed by atoms with Gasteiger partial charge in [-0.25, -0.2) is 24.6 Å². The normalized spacial score (nSPS) is 16.9. The zero-order valence-corrected chi connectivity index (χ0v) is 20.1. The smallest absolute Gasteiger partial charge is 0.358 e. The summed E-state index contributed by atoms with van der Waals surface area (Å²) in [5.74, 6) is 1.75. The van der Waals surface area contributed by atoms with Crippen molar-refractivity contribution in [2.24, 2.45) is 0 Å². The second kappa shape index (κ2) is 9.28. The lowest BCUT2D eigenvalue weighted by atomic mass is 10.1. The monoisotopic (exact) mass is 494 g/mol. The third-order valence-electron chi connectivity index (χ3n) is 5.63. The van der Waals surface area contributed by atoms with Gasteiger partial charge in [0.25, 0.3) is 0 Å². The molecule has 0 bridgehead atoms. The second-order valence-corrected chi connectivity index (χ2v) is 9.14. The third kappa shape index (κ3) is 4.88. The Bertz CT molecular complexity index is 1170. The van der Waals surface area contributed by atoms with Gasteiger partial charge in [0.2, 0.25) is 10.9 Å². The summed E-state index contributed by atoms with van der Waals surface area (Å²) in [4.78, 5) is 33.1. The Balaban J connectivity index is 1.56. The van der Waals surface area contributed by atoms with Crippen molar-refractivity contribution in [2.45, 2.75) is 52.9 Å². The van der Waals surface area contributed by atoms with Gasteiger partial charge >= 0.3 is 6.18 Å². The molecule has 1 unspecified atom stereocenters. The fraction of sp³-hybridized carbons (Fsp3) is 0.524. The Morgan fingerprint density at radius 3 is 2.44 bits per heavy atom. The van der Waals surface area contributed by atoms with Crippen LogP contribution in [0.3, 0.4) is 0 Å². The largest absolute Gasteiger partial charge is 0.443 e. The topological polar surface area (TPSA) is 92.9 Å². The van der Waals surface area contributed by atoms with Gasteiger partial charge in [-0.05, 0) is 20.8 Å². The minimum Gasteiger partial charge on any atom is -0.358 e. The number of rotatable bonds is 5. The summed E-state index contributed by atoms with van der Waals surface area (Å²) in [5.41, 5.74) is 0.641. The van der Waals surface area contributed by atoms with Gasteiger partial charge in [0.05, 0.1) is 0 Å². The maximum atomic E-state index is 13.5. The highest BCUT2D eigenvalue weighted by atomic mass is 32.1. The molecule has 13 heteroatoms. The van der Waals surface area contributed by atoms with Crippen molar-refractivity contribution in [3.63, 3.8) is 0 Å². The van der Waals surface area contributed by atoms with Crippen LogP contribution in [0.1, 0.15) is 36.3 Å². The number of carbonyl (C=O) groups excluding carboxylic acids is 1. The molecule has 1 aliphatic rings. The van der Waals surface area contributed by atoms with Crippen LogP contribution in [-0.2, 0) is 23.9 Å². The average Bonchev–Trinajstić information content (AvgIpc) is 3.37. The van der Waals surface area contributed by atoms with Crippen molar-refractivity contribution in [3.05, 3.63) is 34.9 Å². The number of aryl methyl sites for hydroxylation is 3. The van der Waals surface area contributed by atoms with E-state index < -0.39 is 11.2 Å². The number of hydrogen-bond acceptors (Lipinski definition) is 8. The molecule has 4 heterocycles. The van der Waals surface area contributed by atoms with Crippen molar-refractivity contribution in [1.82, 2.24) is 34.6 Å². The maximum absolute atomic E-state index is 13.5. The van der Waals surface area contributed by atoms with Crippen molar-refractivity contribution in [3.8, 4) is 11.3 Å². The predicted octanol–water partition coefficient (Wildman–Crippen LogP) is 3.13. The van der Waals surface area contributed by atoms with Gasteiger partial charge in [0.15, 0.2) is 0 Å². The van der Waals surface area contributed by atoms with E-state index in [1.54, 1.807) is 23.4 Å². The van der Waals surface area contributed by atoms with Crippen LogP contribution in [0, 0.1) is 13.8 Å². The number of hydrogen-bond donors (Lipinski definition) is 0. The molecule has 0 aliphatic carbocycles. The van der Waals surface area contributed by atoms with E-state index >= 15 is 0 Å². The first-order chi connectivity index (χ1) is 16.1. The standard InChI is InChI=1S/C21H25F3N8OS/c1-5-16-25-8-15(9-26-16)18-19(34-20(28-18)21(22,23)24)30-6-7-31(12(2)10-30)17(33)11-32-14(4)27-13(3)29-32/h8-9,12H,5-7,10-11H2,1-4H3. The highest BCUT2D eigenvalue weighted by molar-refractivity contribution is 7.16. The minimum absolute atomic E-state index is 0.0716. The zero-order chi connectivity index (χ0) is 24.6. The highest BCUT2D eigenvalue weighted by Crippen LogP contribution is 2.42. The number of thiazole rings is 1. The number of piperazine rings is 1. The molecule has 1 fully saturated rings. The molecule has 0 aromatic carbocycles. The SMILES string of the molecule is CCc1ncc(-c2nc(C(F)(F)F)sc2N2CCN(C(=O)Cn3nc(C)nc3C)C(C)C2)cn1. The van der Waals surface area contributed by atoms with Crippen LogP contribution in [0.2, 0.25) is 0 Å².